The van der Waals surface area contributed by atoms with Crippen LogP contribution in [0.3, 0.4) is 0 Å². The van der Waals surface area contributed by atoms with Crippen LogP contribution in [0.25, 0.3) is 0 Å². The summed E-state index contributed by atoms with van der Waals surface area (Å²) in [5.41, 5.74) is 0.624. The van der Waals surface area contributed by atoms with E-state index < -0.39 is 0 Å². The van der Waals surface area contributed by atoms with Crippen molar-refractivity contribution in [2.24, 2.45) is 0 Å². The predicted octanol–water partition coefficient (Wildman–Crippen LogP) is 3.82. The maximum atomic E-state index is 12.4. The fourth-order valence-electron chi connectivity index (χ4n) is 2.70. The molecular weight excluding hydrogens is 356 g/mol. The summed E-state index contributed by atoms with van der Waals surface area (Å²) in [6.45, 7) is 6.58. The van der Waals surface area contributed by atoms with Crippen molar-refractivity contribution in [1.29, 1.82) is 0 Å². The first-order chi connectivity index (χ1) is 13.6. The Kier molecular flexibility index (Phi) is 9.15. The Labute approximate surface area is 167 Å². The number of anilines is 1. The zero-order valence-electron chi connectivity index (χ0n) is 16.9. The van der Waals surface area contributed by atoms with Crippen molar-refractivity contribution in [3.8, 4) is 17.2 Å². The molecule has 0 saturated carbocycles. The smallest absolute Gasteiger partial charge is 0.238 e. The van der Waals surface area contributed by atoms with Crippen LogP contribution in [0.4, 0.5) is 5.69 Å². The Morgan fingerprint density at radius 2 is 1.71 bits per heavy atom. The number of para-hydroxylation sites is 1. The molecule has 28 heavy (non-hydrogen) atoms. The zero-order chi connectivity index (χ0) is 20.2. The van der Waals surface area contributed by atoms with Crippen LogP contribution in [0.1, 0.15) is 20.3 Å². The van der Waals surface area contributed by atoms with Crippen LogP contribution in [-0.2, 0) is 4.79 Å². The van der Waals surface area contributed by atoms with E-state index in [-0.39, 0.29) is 12.5 Å². The van der Waals surface area contributed by atoms with Crippen molar-refractivity contribution in [3.63, 3.8) is 0 Å². The molecule has 0 fully saturated rings. The third-order valence-corrected chi connectivity index (χ3v) is 3.95. The highest BCUT2D eigenvalue weighted by molar-refractivity contribution is 5.94. The van der Waals surface area contributed by atoms with E-state index in [9.17, 15) is 4.79 Å². The van der Waals surface area contributed by atoms with Gasteiger partial charge in [-0.1, -0.05) is 18.2 Å². The molecule has 0 unspecified atom stereocenters. The molecule has 0 bridgehead atoms. The number of ether oxygens (including phenoxy) is 3. The molecule has 2 rings (SSSR count). The van der Waals surface area contributed by atoms with Gasteiger partial charge in [0.05, 0.1) is 32.1 Å². The van der Waals surface area contributed by atoms with Crippen molar-refractivity contribution in [2.45, 2.75) is 20.3 Å². The number of nitrogens with zero attached hydrogens (tertiary/aromatic N) is 1. The maximum absolute atomic E-state index is 12.4. The standard InChI is InChI=1S/C22H30N2O4/c1-4-26-19-12-13-21(27-5-2)20(16-19)23-22(25)17-24(3)14-9-15-28-18-10-7-6-8-11-18/h6-8,10-13,16H,4-5,9,14-15,17H2,1-3H3,(H,23,25). The average molecular weight is 386 g/mol. The van der Waals surface area contributed by atoms with Gasteiger partial charge in [0, 0.05) is 12.6 Å². The second kappa shape index (κ2) is 11.9. The first kappa shape index (κ1) is 21.6. The van der Waals surface area contributed by atoms with Gasteiger partial charge >= 0.3 is 0 Å². The Bertz CT molecular complexity index is 722. The minimum absolute atomic E-state index is 0.0962. The molecule has 0 aliphatic rings. The van der Waals surface area contributed by atoms with E-state index in [2.05, 4.69) is 5.32 Å². The van der Waals surface area contributed by atoms with E-state index in [1.54, 1.807) is 6.07 Å². The topological polar surface area (TPSA) is 60.0 Å². The summed E-state index contributed by atoms with van der Waals surface area (Å²) in [6.07, 6.45) is 0.836. The van der Waals surface area contributed by atoms with Gasteiger partial charge in [0.2, 0.25) is 5.91 Å². The van der Waals surface area contributed by atoms with Gasteiger partial charge in [-0.2, -0.15) is 0 Å². The normalized spacial score (nSPS) is 10.6. The van der Waals surface area contributed by atoms with Gasteiger partial charge in [0.1, 0.15) is 17.2 Å². The van der Waals surface area contributed by atoms with Gasteiger partial charge in [-0.05, 0) is 51.6 Å². The lowest BCUT2D eigenvalue weighted by atomic mass is 10.2. The number of amides is 1. The molecule has 0 aliphatic heterocycles. The van der Waals surface area contributed by atoms with Gasteiger partial charge in [-0.15, -0.1) is 0 Å². The minimum atomic E-state index is -0.0962. The Balaban J connectivity index is 1.79. The van der Waals surface area contributed by atoms with Crippen LogP contribution in [0.2, 0.25) is 0 Å². The van der Waals surface area contributed by atoms with Crippen LogP contribution >= 0.6 is 0 Å². The average Bonchev–Trinajstić information content (AvgIpc) is 2.68. The van der Waals surface area contributed by atoms with E-state index in [0.29, 0.717) is 37.0 Å². The van der Waals surface area contributed by atoms with E-state index >= 15 is 0 Å². The molecule has 0 atom stereocenters. The molecule has 1 N–H and O–H groups in total. The molecule has 0 spiro atoms. The molecule has 0 heterocycles. The molecular formula is C22H30N2O4. The van der Waals surface area contributed by atoms with E-state index in [4.69, 9.17) is 14.2 Å². The van der Waals surface area contributed by atoms with Gasteiger partial charge in [-0.25, -0.2) is 0 Å². The maximum Gasteiger partial charge on any atom is 0.238 e. The third kappa shape index (κ3) is 7.48. The number of nitrogens with one attached hydrogen (secondary N) is 1. The highest BCUT2D eigenvalue weighted by Crippen LogP contribution is 2.29. The summed E-state index contributed by atoms with van der Waals surface area (Å²) in [5, 5.41) is 2.92. The van der Waals surface area contributed by atoms with Crippen LogP contribution in [-0.4, -0.2) is 50.8 Å². The lowest BCUT2D eigenvalue weighted by molar-refractivity contribution is -0.117. The largest absolute Gasteiger partial charge is 0.494 e. The highest BCUT2D eigenvalue weighted by atomic mass is 16.5. The number of benzene rings is 2. The summed E-state index contributed by atoms with van der Waals surface area (Å²) in [6, 6.07) is 15.2. The molecule has 152 valence electrons. The van der Waals surface area contributed by atoms with E-state index in [1.165, 1.54) is 0 Å². The van der Waals surface area contributed by atoms with Crippen LogP contribution < -0.4 is 19.5 Å². The molecule has 0 aromatic heterocycles. The van der Waals surface area contributed by atoms with Gasteiger partial charge in [-0.3, -0.25) is 9.69 Å². The van der Waals surface area contributed by atoms with Crippen molar-refractivity contribution in [2.75, 3.05) is 45.3 Å². The SMILES string of the molecule is CCOc1ccc(OCC)c(NC(=O)CN(C)CCCOc2ccccc2)c1. The number of carbonyl (C=O) groups excluding carboxylic acids is 1. The quantitative estimate of drug-likeness (QED) is 0.562. The molecule has 0 saturated heterocycles. The Hall–Kier alpha value is -2.73. The summed E-state index contributed by atoms with van der Waals surface area (Å²) in [7, 11) is 1.92. The first-order valence-corrected chi connectivity index (χ1v) is 9.68. The Morgan fingerprint density at radius 3 is 2.43 bits per heavy atom. The molecule has 0 radical (unpaired) electrons. The number of likely N-dealkylation sites (N-methyl/N-ethyl adjacent to an activating group) is 1. The Morgan fingerprint density at radius 1 is 0.964 bits per heavy atom. The van der Waals surface area contributed by atoms with E-state index in [0.717, 1.165) is 18.7 Å². The molecule has 6 heteroatoms. The number of hydrogen-bond acceptors (Lipinski definition) is 5. The minimum Gasteiger partial charge on any atom is -0.494 e. The molecule has 0 aliphatic carbocycles. The number of hydrogen-bond donors (Lipinski definition) is 1. The molecule has 2 aromatic rings. The molecule has 1 amide bonds. The monoisotopic (exact) mass is 386 g/mol. The number of rotatable bonds is 12. The van der Waals surface area contributed by atoms with Gasteiger partial charge in [0.25, 0.3) is 0 Å². The molecule has 6 nitrogen and oxygen atoms in total. The van der Waals surface area contributed by atoms with E-state index in [1.807, 2.05) is 68.3 Å². The zero-order valence-corrected chi connectivity index (χ0v) is 16.9. The fraction of sp³-hybridized carbons (Fsp3) is 0.409. The van der Waals surface area contributed by atoms with Crippen molar-refractivity contribution < 1.29 is 19.0 Å². The molecule has 2 aromatic carbocycles. The van der Waals surface area contributed by atoms with Crippen molar-refractivity contribution in [1.82, 2.24) is 4.90 Å². The van der Waals surface area contributed by atoms with Crippen molar-refractivity contribution >= 4 is 11.6 Å². The highest BCUT2D eigenvalue weighted by Gasteiger charge is 2.12. The lowest BCUT2D eigenvalue weighted by Gasteiger charge is -2.18. The van der Waals surface area contributed by atoms with Crippen LogP contribution in [0.5, 0.6) is 17.2 Å². The fourth-order valence-corrected chi connectivity index (χ4v) is 2.70. The first-order valence-electron chi connectivity index (χ1n) is 9.68. The summed E-state index contributed by atoms with van der Waals surface area (Å²) >= 11 is 0. The van der Waals surface area contributed by atoms with Gasteiger partial charge < -0.3 is 19.5 Å². The van der Waals surface area contributed by atoms with Crippen LogP contribution in [0, 0.1) is 0 Å². The second-order valence-electron chi connectivity index (χ2n) is 6.33. The summed E-state index contributed by atoms with van der Waals surface area (Å²) in [4.78, 5) is 14.4. The second-order valence-corrected chi connectivity index (χ2v) is 6.33. The lowest BCUT2D eigenvalue weighted by Crippen LogP contribution is -2.31. The van der Waals surface area contributed by atoms with Gasteiger partial charge in [0.15, 0.2) is 0 Å². The third-order valence-electron chi connectivity index (χ3n) is 3.95. The summed E-state index contributed by atoms with van der Waals surface area (Å²) in [5.74, 6) is 2.10. The van der Waals surface area contributed by atoms with Crippen LogP contribution in [0.15, 0.2) is 48.5 Å². The predicted molar refractivity (Wildman–Crippen MR) is 111 cm³/mol. The number of carbonyl (C=O) groups is 1. The summed E-state index contributed by atoms with van der Waals surface area (Å²) < 4.78 is 16.8. The van der Waals surface area contributed by atoms with Crippen molar-refractivity contribution in [3.05, 3.63) is 48.5 Å².